The summed E-state index contributed by atoms with van der Waals surface area (Å²) in [4.78, 5) is 22.5. The number of likely N-dealkylation sites (tertiary alicyclic amines) is 1. The Morgan fingerprint density at radius 1 is 1.19 bits per heavy atom. The molecule has 0 aliphatic carbocycles. The van der Waals surface area contributed by atoms with Gasteiger partial charge in [-0.15, -0.1) is 0 Å². The Bertz CT molecular complexity index is 1040. The number of hydrogen-bond acceptors (Lipinski definition) is 5. The van der Waals surface area contributed by atoms with Crippen LogP contribution in [0.25, 0.3) is 0 Å². The minimum atomic E-state index is -0.860. The molecule has 1 spiro atoms. The van der Waals surface area contributed by atoms with Crippen molar-refractivity contribution in [2.75, 3.05) is 26.2 Å². The Hall–Kier alpha value is -2.54. The molecule has 0 saturated carbocycles. The molecular formula is C25H27N3O2S. The maximum atomic E-state index is 13.9. The van der Waals surface area contributed by atoms with Gasteiger partial charge in [-0.2, -0.15) is 11.3 Å². The topological polar surface area (TPSA) is 45.7 Å². The molecule has 3 aromatic rings. The molecule has 5 nitrogen and oxygen atoms in total. The molecule has 0 bridgehead atoms. The van der Waals surface area contributed by atoms with E-state index in [1.807, 2.05) is 17.2 Å². The standard InChI is InChI=1S/C25H27N3O2S/c1-19-4-2-5-20(12-19)14-27-16-23(22-6-3-8-26-13-22)25(18-27)24(29)28(9-10-30-25)15-21-7-11-31-17-21/h2-8,11-13,17,23H,9-10,14-16,18H2,1H3. The van der Waals surface area contributed by atoms with Gasteiger partial charge in [0.2, 0.25) is 0 Å². The zero-order chi connectivity index (χ0) is 21.3. The van der Waals surface area contributed by atoms with Crippen LogP contribution in [-0.4, -0.2) is 52.5 Å². The Balaban J connectivity index is 1.45. The van der Waals surface area contributed by atoms with E-state index in [0.29, 0.717) is 26.2 Å². The summed E-state index contributed by atoms with van der Waals surface area (Å²) in [6, 6.07) is 14.7. The van der Waals surface area contributed by atoms with Crippen molar-refractivity contribution in [2.45, 2.75) is 31.5 Å². The minimum absolute atomic E-state index is 0.0382. The molecule has 0 radical (unpaired) electrons. The number of ether oxygens (including phenoxy) is 1. The number of rotatable bonds is 5. The van der Waals surface area contributed by atoms with Crippen LogP contribution in [0.4, 0.5) is 0 Å². The van der Waals surface area contributed by atoms with E-state index in [4.69, 9.17) is 4.74 Å². The monoisotopic (exact) mass is 433 g/mol. The van der Waals surface area contributed by atoms with Crippen molar-refractivity contribution < 1.29 is 9.53 Å². The average molecular weight is 434 g/mol. The van der Waals surface area contributed by atoms with Crippen LogP contribution in [0.2, 0.25) is 0 Å². The number of carbonyl (C=O) groups excluding carboxylic acids is 1. The van der Waals surface area contributed by atoms with Crippen molar-refractivity contribution in [3.63, 3.8) is 0 Å². The third-order valence-electron chi connectivity index (χ3n) is 6.36. The number of hydrogen-bond donors (Lipinski definition) is 0. The maximum absolute atomic E-state index is 13.9. The van der Waals surface area contributed by atoms with Gasteiger partial charge < -0.3 is 9.64 Å². The number of nitrogens with zero attached hydrogens (tertiary/aromatic N) is 3. The highest BCUT2D eigenvalue weighted by Crippen LogP contribution is 2.42. The van der Waals surface area contributed by atoms with Gasteiger partial charge in [-0.25, -0.2) is 0 Å². The first kappa shape index (κ1) is 20.4. The summed E-state index contributed by atoms with van der Waals surface area (Å²) < 4.78 is 6.39. The number of pyridine rings is 1. The Labute approximate surface area is 187 Å². The summed E-state index contributed by atoms with van der Waals surface area (Å²) in [5, 5.41) is 4.18. The summed E-state index contributed by atoms with van der Waals surface area (Å²) in [7, 11) is 0. The number of carbonyl (C=O) groups is 1. The van der Waals surface area contributed by atoms with Gasteiger partial charge >= 0.3 is 0 Å². The molecule has 2 aliphatic heterocycles. The molecule has 6 heteroatoms. The fraction of sp³-hybridized carbons (Fsp3) is 0.360. The van der Waals surface area contributed by atoms with Crippen LogP contribution in [0.3, 0.4) is 0 Å². The number of aryl methyl sites for hydroxylation is 1. The van der Waals surface area contributed by atoms with Crippen LogP contribution in [0.1, 0.15) is 28.2 Å². The third kappa shape index (κ3) is 4.03. The molecule has 2 unspecified atom stereocenters. The summed E-state index contributed by atoms with van der Waals surface area (Å²) in [6.07, 6.45) is 3.67. The molecule has 2 atom stereocenters. The van der Waals surface area contributed by atoms with E-state index in [9.17, 15) is 4.79 Å². The molecule has 2 fully saturated rings. The quantitative estimate of drug-likeness (QED) is 0.613. The smallest absolute Gasteiger partial charge is 0.257 e. The van der Waals surface area contributed by atoms with Gasteiger partial charge in [0, 0.05) is 51.0 Å². The molecule has 1 aromatic carbocycles. The number of amides is 1. The van der Waals surface area contributed by atoms with E-state index in [-0.39, 0.29) is 11.8 Å². The molecular weight excluding hydrogens is 406 g/mol. The SMILES string of the molecule is Cc1cccc(CN2CC(c3cccnc3)C3(C2)OCCN(Cc2ccsc2)C3=O)c1. The first-order chi connectivity index (χ1) is 15.1. The molecule has 2 saturated heterocycles. The number of aromatic nitrogens is 1. The second kappa shape index (κ2) is 8.54. The molecule has 2 aromatic heterocycles. The van der Waals surface area contributed by atoms with Crippen molar-refractivity contribution >= 4 is 17.2 Å². The van der Waals surface area contributed by atoms with Gasteiger partial charge in [-0.1, -0.05) is 35.9 Å². The Morgan fingerprint density at radius 3 is 2.90 bits per heavy atom. The normalized spacial score (nSPS) is 24.2. The van der Waals surface area contributed by atoms with E-state index in [1.165, 1.54) is 16.7 Å². The van der Waals surface area contributed by atoms with E-state index in [0.717, 1.165) is 18.7 Å². The highest BCUT2D eigenvalue weighted by atomic mass is 32.1. The molecule has 31 heavy (non-hydrogen) atoms. The summed E-state index contributed by atoms with van der Waals surface area (Å²) >= 11 is 1.67. The van der Waals surface area contributed by atoms with Crippen LogP contribution in [0, 0.1) is 6.92 Å². The zero-order valence-corrected chi connectivity index (χ0v) is 18.6. The lowest BCUT2D eigenvalue weighted by Crippen LogP contribution is -2.59. The van der Waals surface area contributed by atoms with E-state index >= 15 is 0 Å². The lowest BCUT2D eigenvalue weighted by Gasteiger charge is -2.42. The van der Waals surface area contributed by atoms with E-state index in [1.54, 1.807) is 17.5 Å². The van der Waals surface area contributed by atoms with Crippen LogP contribution < -0.4 is 0 Å². The zero-order valence-electron chi connectivity index (χ0n) is 17.7. The number of morpholine rings is 1. The fourth-order valence-electron chi connectivity index (χ4n) is 4.94. The van der Waals surface area contributed by atoms with Crippen molar-refractivity contribution in [1.29, 1.82) is 0 Å². The summed E-state index contributed by atoms with van der Waals surface area (Å²) in [6.45, 7) is 6.13. The first-order valence-corrected chi connectivity index (χ1v) is 11.7. The molecule has 5 rings (SSSR count). The van der Waals surface area contributed by atoms with Gasteiger partial charge in [0.1, 0.15) is 0 Å². The van der Waals surface area contributed by atoms with Crippen LogP contribution in [0.5, 0.6) is 0 Å². The van der Waals surface area contributed by atoms with Crippen molar-refractivity contribution in [2.24, 2.45) is 0 Å². The fourth-order valence-corrected chi connectivity index (χ4v) is 5.60. The predicted molar refractivity (Wildman–Crippen MR) is 122 cm³/mol. The maximum Gasteiger partial charge on any atom is 0.257 e. The van der Waals surface area contributed by atoms with Crippen LogP contribution in [-0.2, 0) is 22.6 Å². The van der Waals surface area contributed by atoms with E-state index < -0.39 is 5.60 Å². The van der Waals surface area contributed by atoms with Crippen molar-refractivity contribution in [1.82, 2.24) is 14.8 Å². The highest BCUT2D eigenvalue weighted by molar-refractivity contribution is 7.07. The number of benzene rings is 1. The summed E-state index contributed by atoms with van der Waals surface area (Å²) in [5.74, 6) is 0.0642. The molecule has 2 aliphatic rings. The number of thiophene rings is 1. The summed E-state index contributed by atoms with van der Waals surface area (Å²) in [5.41, 5.74) is 3.91. The Kier molecular flexibility index (Phi) is 5.61. The van der Waals surface area contributed by atoms with Gasteiger partial charge in [0.25, 0.3) is 5.91 Å². The minimum Gasteiger partial charge on any atom is -0.361 e. The highest BCUT2D eigenvalue weighted by Gasteiger charge is 2.56. The molecule has 4 heterocycles. The molecule has 1 amide bonds. The predicted octanol–water partition coefficient (Wildman–Crippen LogP) is 3.85. The lowest BCUT2D eigenvalue weighted by molar-refractivity contribution is -0.173. The van der Waals surface area contributed by atoms with Gasteiger partial charge in [-0.3, -0.25) is 14.7 Å². The second-order valence-corrected chi connectivity index (χ2v) is 9.37. The Morgan fingerprint density at radius 2 is 2.13 bits per heavy atom. The first-order valence-electron chi connectivity index (χ1n) is 10.8. The molecule has 160 valence electrons. The van der Waals surface area contributed by atoms with Gasteiger partial charge in [0.15, 0.2) is 5.60 Å². The lowest BCUT2D eigenvalue weighted by atomic mass is 9.83. The van der Waals surface area contributed by atoms with Crippen molar-refractivity contribution in [3.8, 4) is 0 Å². The van der Waals surface area contributed by atoms with Crippen LogP contribution >= 0.6 is 11.3 Å². The largest absolute Gasteiger partial charge is 0.361 e. The third-order valence-corrected chi connectivity index (χ3v) is 7.09. The molecule has 0 N–H and O–H groups in total. The van der Waals surface area contributed by atoms with Gasteiger partial charge in [-0.05, 0) is 46.5 Å². The second-order valence-electron chi connectivity index (χ2n) is 8.59. The van der Waals surface area contributed by atoms with Crippen LogP contribution in [0.15, 0.2) is 65.6 Å². The average Bonchev–Trinajstić information content (AvgIpc) is 3.41. The van der Waals surface area contributed by atoms with E-state index in [2.05, 4.69) is 64.0 Å². The van der Waals surface area contributed by atoms with Gasteiger partial charge in [0.05, 0.1) is 6.61 Å². The van der Waals surface area contributed by atoms with Crippen molar-refractivity contribution in [3.05, 3.63) is 87.9 Å².